The molecule has 1 heterocycles. The molecule has 0 saturated heterocycles. The molecule has 1 unspecified atom stereocenters. The lowest BCUT2D eigenvalue weighted by atomic mass is 9.97. The predicted molar refractivity (Wildman–Crippen MR) is 63.9 cm³/mol. The Morgan fingerprint density at radius 3 is 2.73 bits per heavy atom. The van der Waals surface area contributed by atoms with Crippen molar-refractivity contribution in [3.8, 4) is 0 Å². The molecule has 0 radical (unpaired) electrons. The van der Waals surface area contributed by atoms with Crippen molar-refractivity contribution in [2.75, 3.05) is 0 Å². The fourth-order valence-corrected chi connectivity index (χ4v) is 1.79. The monoisotopic (exact) mass is 208 g/mol. The molecule has 2 amide bonds. The van der Waals surface area contributed by atoms with Crippen LogP contribution in [0.2, 0.25) is 0 Å². The van der Waals surface area contributed by atoms with Gasteiger partial charge in [0, 0.05) is 0 Å². The number of hydrogen-bond acceptors (Lipinski definition) is 1. The number of aliphatic imine (C=N–C) groups is 2. The first-order chi connectivity index (χ1) is 7.22. The smallest absolute Gasteiger partial charge is 0.244 e. The molecule has 0 aromatic heterocycles. The summed E-state index contributed by atoms with van der Waals surface area (Å²) in [7, 11) is 0. The molecule has 1 aliphatic rings. The second-order valence-electron chi connectivity index (χ2n) is 4.30. The Kier molecular flexibility index (Phi) is 5.22. The SMILES string of the molecule is CCCCCCC(C)CC1=NC(=O)N=C1. The van der Waals surface area contributed by atoms with Crippen molar-refractivity contribution in [3.05, 3.63) is 0 Å². The summed E-state index contributed by atoms with van der Waals surface area (Å²) < 4.78 is 0. The van der Waals surface area contributed by atoms with E-state index in [1.807, 2.05) is 0 Å². The summed E-state index contributed by atoms with van der Waals surface area (Å²) in [5, 5.41) is 0. The number of amides is 2. The van der Waals surface area contributed by atoms with Gasteiger partial charge in [0.15, 0.2) is 0 Å². The van der Waals surface area contributed by atoms with Crippen LogP contribution in [-0.2, 0) is 0 Å². The molecular weight excluding hydrogens is 188 g/mol. The summed E-state index contributed by atoms with van der Waals surface area (Å²) >= 11 is 0. The maximum absolute atomic E-state index is 10.7. The molecule has 0 aliphatic carbocycles. The van der Waals surface area contributed by atoms with Gasteiger partial charge in [-0.3, -0.25) is 0 Å². The molecule has 0 fully saturated rings. The number of unbranched alkanes of at least 4 members (excludes halogenated alkanes) is 3. The van der Waals surface area contributed by atoms with E-state index in [0.29, 0.717) is 5.92 Å². The largest absolute Gasteiger partial charge is 0.367 e. The van der Waals surface area contributed by atoms with Crippen LogP contribution in [0.1, 0.15) is 52.4 Å². The summed E-state index contributed by atoms with van der Waals surface area (Å²) in [6.45, 7) is 4.43. The molecule has 0 N–H and O–H groups in total. The standard InChI is InChI=1S/C12H20N2O/c1-3-4-5-6-7-10(2)8-11-9-13-12(15)14-11/h9-10H,3-8H2,1-2H3. The number of urea groups is 1. The van der Waals surface area contributed by atoms with Gasteiger partial charge in [-0.05, 0) is 12.3 Å². The number of hydrogen-bond donors (Lipinski definition) is 0. The Balaban J connectivity index is 2.13. The molecule has 0 spiro atoms. The van der Waals surface area contributed by atoms with E-state index in [0.717, 1.165) is 12.1 Å². The van der Waals surface area contributed by atoms with Crippen molar-refractivity contribution in [1.82, 2.24) is 0 Å². The lowest BCUT2D eigenvalue weighted by Crippen LogP contribution is -2.05. The highest BCUT2D eigenvalue weighted by atomic mass is 16.2. The Morgan fingerprint density at radius 2 is 2.13 bits per heavy atom. The van der Waals surface area contributed by atoms with Crippen molar-refractivity contribution in [1.29, 1.82) is 0 Å². The van der Waals surface area contributed by atoms with Crippen LogP contribution in [0.25, 0.3) is 0 Å². The molecular formula is C12H20N2O. The minimum Gasteiger partial charge on any atom is -0.244 e. The summed E-state index contributed by atoms with van der Waals surface area (Å²) in [5.41, 5.74) is 0.850. The Morgan fingerprint density at radius 1 is 1.33 bits per heavy atom. The van der Waals surface area contributed by atoms with Gasteiger partial charge in [0.25, 0.3) is 0 Å². The second kappa shape index (κ2) is 6.49. The minimum atomic E-state index is -0.344. The predicted octanol–water partition coefficient (Wildman–Crippen LogP) is 3.63. The van der Waals surface area contributed by atoms with Crippen LogP contribution < -0.4 is 0 Å². The number of nitrogens with zero attached hydrogens (tertiary/aromatic N) is 2. The molecule has 0 aromatic carbocycles. The zero-order chi connectivity index (χ0) is 11.1. The van der Waals surface area contributed by atoms with E-state index in [1.165, 1.54) is 32.1 Å². The fraction of sp³-hybridized carbons (Fsp3) is 0.750. The normalized spacial score (nSPS) is 16.9. The van der Waals surface area contributed by atoms with E-state index in [9.17, 15) is 4.79 Å². The van der Waals surface area contributed by atoms with Gasteiger partial charge in [-0.25, -0.2) is 4.79 Å². The number of carbonyl (C=O) groups is 1. The molecule has 84 valence electrons. The molecule has 1 aliphatic heterocycles. The van der Waals surface area contributed by atoms with Gasteiger partial charge in [-0.15, -0.1) is 0 Å². The minimum absolute atomic E-state index is 0.344. The summed E-state index contributed by atoms with van der Waals surface area (Å²) in [5.74, 6) is 0.609. The first kappa shape index (κ1) is 12.1. The van der Waals surface area contributed by atoms with Crippen LogP contribution in [-0.4, -0.2) is 18.0 Å². The molecule has 1 atom stereocenters. The van der Waals surface area contributed by atoms with Crippen molar-refractivity contribution in [3.63, 3.8) is 0 Å². The lowest BCUT2D eigenvalue weighted by Gasteiger charge is -2.09. The maximum Gasteiger partial charge on any atom is 0.367 e. The summed E-state index contributed by atoms with van der Waals surface area (Å²) in [4.78, 5) is 18.2. The molecule has 3 heteroatoms. The fourth-order valence-electron chi connectivity index (χ4n) is 1.79. The van der Waals surface area contributed by atoms with E-state index in [2.05, 4.69) is 23.8 Å². The Bertz CT molecular complexity index is 269. The first-order valence-electron chi connectivity index (χ1n) is 5.88. The molecule has 0 aromatic rings. The molecule has 0 saturated carbocycles. The topological polar surface area (TPSA) is 41.8 Å². The van der Waals surface area contributed by atoms with Crippen molar-refractivity contribution >= 4 is 18.0 Å². The van der Waals surface area contributed by atoms with E-state index < -0.39 is 0 Å². The van der Waals surface area contributed by atoms with Crippen LogP contribution in [0.4, 0.5) is 4.79 Å². The number of rotatable bonds is 7. The number of carbonyl (C=O) groups excluding carboxylic acids is 1. The van der Waals surface area contributed by atoms with Gasteiger partial charge in [-0.2, -0.15) is 9.98 Å². The Hall–Kier alpha value is -0.990. The average molecular weight is 208 g/mol. The van der Waals surface area contributed by atoms with E-state index in [1.54, 1.807) is 6.21 Å². The zero-order valence-electron chi connectivity index (χ0n) is 9.70. The Labute approximate surface area is 91.7 Å². The van der Waals surface area contributed by atoms with Crippen LogP contribution in [0.15, 0.2) is 9.98 Å². The van der Waals surface area contributed by atoms with Gasteiger partial charge in [0.1, 0.15) is 0 Å². The van der Waals surface area contributed by atoms with Gasteiger partial charge in [-0.1, -0.05) is 46.0 Å². The third-order valence-electron chi connectivity index (χ3n) is 2.67. The van der Waals surface area contributed by atoms with Crippen LogP contribution >= 0.6 is 0 Å². The van der Waals surface area contributed by atoms with Crippen LogP contribution in [0.5, 0.6) is 0 Å². The maximum atomic E-state index is 10.7. The molecule has 15 heavy (non-hydrogen) atoms. The third kappa shape index (κ3) is 4.86. The van der Waals surface area contributed by atoms with Gasteiger partial charge in [0.05, 0.1) is 11.9 Å². The highest BCUT2D eigenvalue weighted by molar-refractivity contribution is 6.37. The lowest BCUT2D eigenvalue weighted by molar-refractivity contribution is 0.257. The van der Waals surface area contributed by atoms with E-state index in [-0.39, 0.29) is 6.03 Å². The summed E-state index contributed by atoms with van der Waals surface area (Å²) in [6.07, 6.45) is 8.93. The highest BCUT2D eigenvalue weighted by Crippen LogP contribution is 2.15. The molecule has 1 rings (SSSR count). The third-order valence-corrected chi connectivity index (χ3v) is 2.67. The van der Waals surface area contributed by atoms with Gasteiger partial charge < -0.3 is 0 Å². The molecule has 0 bridgehead atoms. The average Bonchev–Trinajstić information content (AvgIpc) is 2.59. The van der Waals surface area contributed by atoms with E-state index >= 15 is 0 Å². The first-order valence-corrected chi connectivity index (χ1v) is 5.88. The highest BCUT2D eigenvalue weighted by Gasteiger charge is 2.11. The van der Waals surface area contributed by atoms with Crippen LogP contribution in [0.3, 0.4) is 0 Å². The van der Waals surface area contributed by atoms with Crippen molar-refractivity contribution < 1.29 is 4.79 Å². The molecule has 3 nitrogen and oxygen atoms in total. The summed E-state index contributed by atoms with van der Waals surface area (Å²) in [6, 6.07) is -0.344. The quantitative estimate of drug-likeness (QED) is 0.589. The zero-order valence-corrected chi connectivity index (χ0v) is 9.70. The van der Waals surface area contributed by atoms with Crippen LogP contribution in [0, 0.1) is 5.92 Å². The van der Waals surface area contributed by atoms with Crippen molar-refractivity contribution in [2.24, 2.45) is 15.9 Å². The van der Waals surface area contributed by atoms with Gasteiger partial charge in [0.2, 0.25) is 0 Å². The van der Waals surface area contributed by atoms with E-state index in [4.69, 9.17) is 0 Å². The second-order valence-corrected chi connectivity index (χ2v) is 4.30. The van der Waals surface area contributed by atoms with Crippen molar-refractivity contribution in [2.45, 2.75) is 52.4 Å². The van der Waals surface area contributed by atoms with Gasteiger partial charge >= 0.3 is 6.03 Å².